The fraction of sp³-hybridized carbons (Fsp3) is 0.524. The van der Waals surface area contributed by atoms with Crippen LogP contribution in [0, 0.1) is 12.3 Å². The number of amides is 2. The van der Waals surface area contributed by atoms with Gasteiger partial charge >= 0.3 is 0 Å². The number of anilines is 1. The smallest absolute Gasteiger partial charge is 0.279 e. The van der Waals surface area contributed by atoms with Crippen molar-refractivity contribution < 1.29 is 23.7 Å². The summed E-state index contributed by atoms with van der Waals surface area (Å²) in [5, 5.41) is 23.6. The Morgan fingerprint density at radius 1 is 1.32 bits per heavy atom. The molecule has 168 valence electrons. The molecule has 2 aromatic rings. The largest absolute Gasteiger partial charge is 0.858 e. The molecule has 31 heavy (non-hydrogen) atoms. The number of hydrogen-bond donors (Lipinski definition) is 2. The van der Waals surface area contributed by atoms with Gasteiger partial charge in [-0.3, -0.25) is 9.59 Å². The molecule has 1 saturated heterocycles. The summed E-state index contributed by atoms with van der Waals surface area (Å²) in [5.74, 6) is -0.563. The number of hydrogen-bond acceptors (Lipinski definition) is 7. The molecule has 1 aliphatic heterocycles. The third-order valence-electron chi connectivity index (χ3n) is 5.81. The van der Waals surface area contributed by atoms with E-state index < -0.39 is 0 Å². The zero-order chi connectivity index (χ0) is 22.6. The lowest BCUT2D eigenvalue weighted by Gasteiger charge is -2.46. The summed E-state index contributed by atoms with van der Waals surface area (Å²) < 4.78 is 5.06. The first-order valence-corrected chi connectivity index (χ1v) is 11.1. The fourth-order valence-corrected chi connectivity index (χ4v) is 4.72. The van der Waals surface area contributed by atoms with Crippen molar-refractivity contribution in [2.24, 2.45) is 10.4 Å². The maximum atomic E-state index is 13.0. The van der Waals surface area contributed by atoms with Crippen LogP contribution in [-0.4, -0.2) is 60.6 Å². The summed E-state index contributed by atoms with van der Waals surface area (Å²) in [7, 11) is 1.56. The third kappa shape index (κ3) is 5.71. The van der Waals surface area contributed by atoms with E-state index in [1.807, 2.05) is 12.3 Å². The van der Waals surface area contributed by atoms with Gasteiger partial charge in [-0.1, -0.05) is 19.0 Å². The molecule has 0 spiro atoms. The maximum absolute atomic E-state index is 13.0. The van der Waals surface area contributed by atoms with Crippen molar-refractivity contribution in [2.45, 2.75) is 33.6 Å². The second kappa shape index (κ2) is 9.19. The van der Waals surface area contributed by atoms with Gasteiger partial charge in [0.2, 0.25) is 0 Å². The Balaban J connectivity index is 1.78. The van der Waals surface area contributed by atoms with Gasteiger partial charge in [-0.25, -0.2) is 4.99 Å². The highest BCUT2D eigenvalue weighted by molar-refractivity contribution is 7.13. The summed E-state index contributed by atoms with van der Waals surface area (Å²) in [4.78, 5) is 29.6. The average Bonchev–Trinajstić information content (AvgIpc) is 3.34. The standard InChI is InChI=1S/C21H29N5O4S/c1-14-13-31-19(20(29)22-4)18(14)24-17(28)12-26(8-6-21(2,3)7-9-26)11-16(27)23-15-5-10-30-25-15/h5,10,13H,6-9,11-12H2,1-4H3,(H2-,22,23,24,25,27,28,29). The van der Waals surface area contributed by atoms with Crippen LogP contribution >= 0.6 is 11.3 Å². The second-order valence-corrected chi connectivity index (χ2v) is 9.76. The molecular formula is C21H29N5O4S. The zero-order valence-electron chi connectivity index (χ0n) is 18.4. The van der Waals surface area contributed by atoms with Crippen LogP contribution in [0.3, 0.4) is 0 Å². The molecule has 0 saturated carbocycles. The zero-order valence-corrected chi connectivity index (χ0v) is 19.2. The average molecular weight is 448 g/mol. The van der Waals surface area contributed by atoms with Crippen molar-refractivity contribution in [1.82, 2.24) is 10.5 Å². The number of likely N-dealkylation sites (tertiary alicyclic amines) is 1. The number of aromatic nitrogens is 1. The van der Waals surface area contributed by atoms with E-state index >= 15 is 0 Å². The van der Waals surface area contributed by atoms with E-state index in [4.69, 9.17) is 4.52 Å². The van der Waals surface area contributed by atoms with Crippen molar-refractivity contribution in [1.29, 1.82) is 0 Å². The van der Waals surface area contributed by atoms with Crippen molar-refractivity contribution in [3.8, 4) is 0 Å². The summed E-state index contributed by atoms with van der Waals surface area (Å²) in [5.41, 5.74) is 1.53. The molecule has 0 bridgehead atoms. The first-order valence-electron chi connectivity index (χ1n) is 10.2. The molecule has 0 atom stereocenters. The molecule has 9 nitrogen and oxygen atoms in total. The van der Waals surface area contributed by atoms with Crippen molar-refractivity contribution in [3.63, 3.8) is 0 Å². The SMILES string of the molecule is CNC(=O)c1scc(C)c1NC(=O)C[N+]1(CC([O-])=Nc2ccon2)CCC(C)(C)CC1. The van der Waals surface area contributed by atoms with Gasteiger partial charge in [-0.05, 0) is 23.3 Å². The number of rotatable bonds is 7. The number of piperidine rings is 1. The lowest BCUT2D eigenvalue weighted by Crippen LogP contribution is -2.60. The van der Waals surface area contributed by atoms with Crippen molar-refractivity contribution >= 4 is 40.6 Å². The number of aryl methyl sites for hydroxylation is 1. The summed E-state index contributed by atoms with van der Waals surface area (Å²) in [6.07, 6.45) is 3.16. The Morgan fingerprint density at radius 3 is 2.65 bits per heavy atom. The second-order valence-electron chi connectivity index (χ2n) is 8.88. The highest BCUT2D eigenvalue weighted by atomic mass is 32.1. The van der Waals surface area contributed by atoms with Gasteiger partial charge in [0.05, 0.1) is 18.8 Å². The van der Waals surface area contributed by atoms with Crippen LogP contribution < -0.4 is 15.7 Å². The predicted octanol–water partition coefficient (Wildman–Crippen LogP) is 2.07. The van der Waals surface area contributed by atoms with E-state index in [2.05, 4.69) is 34.6 Å². The van der Waals surface area contributed by atoms with Crippen LogP contribution in [-0.2, 0) is 4.79 Å². The number of nitrogens with zero attached hydrogens (tertiary/aromatic N) is 3. The van der Waals surface area contributed by atoms with Crippen LogP contribution in [0.1, 0.15) is 41.9 Å². The number of aliphatic imine (C=N–C) groups is 1. The summed E-state index contributed by atoms with van der Waals surface area (Å²) in [6.45, 7) is 7.91. The Kier molecular flexibility index (Phi) is 6.80. The van der Waals surface area contributed by atoms with Crippen LogP contribution in [0.5, 0.6) is 0 Å². The molecule has 0 aromatic carbocycles. The van der Waals surface area contributed by atoms with E-state index in [1.54, 1.807) is 7.05 Å². The van der Waals surface area contributed by atoms with Gasteiger partial charge in [0, 0.05) is 31.9 Å². The third-order valence-corrected chi connectivity index (χ3v) is 6.91. The highest BCUT2D eigenvalue weighted by Gasteiger charge is 2.39. The molecule has 0 radical (unpaired) electrons. The van der Waals surface area contributed by atoms with Gasteiger partial charge in [-0.15, -0.1) is 11.3 Å². The molecule has 3 heterocycles. The summed E-state index contributed by atoms with van der Waals surface area (Å²) in [6, 6.07) is 1.52. The normalized spacial score (nSPS) is 17.9. The minimum absolute atomic E-state index is 0.112. The molecule has 2 aromatic heterocycles. The van der Waals surface area contributed by atoms with E-state index in [1.165, 1.54) is 23.7 Å². The Bertz CT molecular complexity index is 955. The van der Waals surface area contributed by atoms with Crippen LogP contribution in [0.25, 0.3) is 0 Å². The molecule has 0 aliphatic carbocycles. The summed E-state index contributed by atoms with van der Waals surface area (Å²) >= 11 is 1.29. The Hall–Kier alpha value is -2.72. The van der Waals surface area contributed by atoms with Gasteiger partial charge in [0.15, 0.2) is 12.4 Å². The van der Waals surface area contributed by atoms with Crippen LogP contribution in [0.4, 0.5) is 11.5 Å². The quantitative estimate of drug-likeness (QED) is 0.382. The van der Waals surface area contributed by atoms with Gasteiger partial charge in [0.1, 0.15) is 17.7 Å². The van der Waals surface area contributed by atoms with Crippen molar-refractivity contribution in [3.05, 3.63) is 28.2 Å². The van der Waals surface area contributed by atoms with E-state index in [0.29, 0.717) is 28.1 Å². The maximum Gasteiger partial charge on any atom is 0.279 e. The molecule has 10 heteroatoms. The predicted molar refractivity (Wildman–Crippen MR) is 117 cm³/mol. The van der Waals surface area contributed by atoms with Crippen LogP contribution in [0.15, 0.2) is 27.2 Å². The molecule has 1 aliphatic rings. The van der Waals surface area contributed by atoms with Crippen molar-refractivity contribution in [2.75, 3.05) is 38.5 Å². The molecule has 2 N–H and O–H groups in total. The molecule has 1 fully saturated rings. The molecular weight excluding hydrogens is 418 g/mol. The van der Waals surface area contributed by atoms with Gasteiger partial charge < -0.3 is 24.7 Å². The number of thiophene rings is 1. The Labute approximate surface area is 185 Å². The molecule has 0 unspecified atom stereocenters. The molecule has 2 amide bonds. The van der Waals surface area contributed by atoms with E-state index in [-0.39, 0.29) is 42.0 Å². The number of carbonyl (C=O) groups is 2. The van der Waals surface area contributed by atoms with Crippen LogP contribution in [0.2, 0.25) is 0 Å². The minimum atomic E-state index is -0.334. The highest BCUT2D eigenvalue weighted by Crippen LogP contribution is 2.34. The lowest BCUT2D eigenvalue weighted by atomic mass is 9.81. The van der Waals surface area contributed by atoms with Gasteiger partial charge in [0.25, 0.3) is 11.8 Å². The van der Waals surface area contributed by atoms with E-state index in [0.717, 1.165) is 18.4 Å². The fourth-order valence-electron chi connectivity index (χ4n) is 3.77. The molecule has 3 rings (SSSR count). The first kappa shape index (κ1) is 23.0. The van der Waals surface area contributed by atoms with E-state index in [9.17, 15) is 14.7 Å². The number of nitrogens with one attached hydrogen (secondary N) is 2. The Morgan fingerprint density at radius 2 is 2.03 bits per heavy atom. The topological polar surface area (TPSA) is 120 Å². The monoisotopic (exact) mass is 447 g/mol. The lowest BCUT2D eigenvalue weighted by molar-refractivity contribution is -0.920. The first-order chi connectivity index (χ1) is 14.6. The minimum Gasteiger partial charge on any atom is -0.858 e. The number of quaternary nitrogens is 1. The van der Waals surface area contributed by atoms with Gasteiger partial charge in [-0.2, -0.15) is 0 Å². The number of carbonyl (C=O) groups excluding carboxylic acids is 2.